The van der Waals surface area contributed by atoms with E-state index in [9.17, 15) is 4.79 Å². The minimum Gasteiger partial charge on any atom is -0.481 e. The zero-order chi connectivity index (χ0) is 20.6. The van der Waals surface area contributed by atoms with Gasteiger partial charge in [-0.05, 0) is 6.42 Å². The first-order valence-corrected chi connectivity index (χ1v) is 9.40. The maximum Gasteiger partial charge on any atom is 0.303 e. The highest BCUT2D eigenvalue weighted by atomic mass is 16.4. The number of carboxylic acid groups (broad SMARTS) is 1. The molecule has 0 saturated heterocycles. The van der Waals surface area contributed by atoms with E-state index in [1.54, 1.807) is 0 Å². The lowest BCUT2D eigenvalue weighted by Gasteiger charge is -2.00. The molecule has 0 atom stereocenters. The third-order valence-electron chi connectivity index (χ3n) is 3.34. The van der Waals surface area contributed by atoms with Crippen molar-refractivity contribution in [3.8, 4) is 0 Å². The normalized spacial score (nSPS) is 10.2. The van der Waals surface area contributed by atoms with Gasteiger partial charge in [0.05, 0.1) is 26.4 Å². The Morgan fingerprint density at radius 3 is 1.19 bits per heavy atom. The van der Waals surface area contributed by atoms with Gasteiger partial charge in [-0.2, -0.15) is 0 Å². The Kier molecular flexibility index (Phi) is 30.5. The van der Waals surface area contributed by atoms with Crippen molar-refractivity contribution in [2.24, 2.45) is 0 Å². The van der Waals surface area contributed by atoms with Crippen LogP contribution in [0.25, 0.3) is 0 Å². The van der Waals surface area contributed by atoms with Crippen molar-refractivity contribution >= 4 is 5.97 Å². The van der Waals surface area contributed by atoms with Crippen LogP contribution in [0.3, 0.4) is 0 Å². The lowest BCUT2D eigenvalue weighted by atomic mass is 10.1. The largest absolute Gasteiger partial charge is 0.481 e. The maximum absolute atomic E-state index is 10.2. The van der Waals surface area contributed by atoms with Crippen LogP contribution in [0, 0.1) is 0 Å². The number of unbranched alkanes of at least 4 members (excludes halogenated alkanes) is 8. The number of hydrogen-bond donors (Lipinski definition) is 7. The maximum atomic E-state index is 10.2. The molecule has 26 heavy (non-hydrogen) atoms. The van der Waals surface area contributed by atoms with E-state index in [4.69, 9.17) is 35.7 Å². The van der Waals surface area contributed by atoms with E-state index in [-0.39, 0.29) is 26.4 Å². The molecule has 0 unspecified atom stereocenters. The van der Waals surface area contributed by atoms with Gasteiger partial charge in [0.15, 0.2) is 0 Å². The molecule has 160 valence electrons. The molecule has 0 fully saturated rings. The molecule has 0 aliphatic carbocycles. The number of hydrogen-bond acceptors (Lipinski definition) is 7. The van der Waals surface area contributed by atoms with Crippen molar-refractivity contribution < 1.29 is 40.5 Å². The van der Waals surface area contributed by atoms with E-state index in [0.29, 0.717) is 6.42 Å². The smallest absolute Gasteiger partial charge is 0.303 e. The minimum atomic E-state index is -0.954. The molecule has 0 radical (unpaired) electrons. The summed E-state index contributed by atoms with van der Waals surface area (Å²) < 4.78 is 0. The third-order valence-corrected chi connectivity index (χ3v) is 3.34. The van der Waals surface area contributed by atoms with Crippen LogP contribution < -0.4 is 0 Å². The highest BCUT2D eigenvalue weighted by Crippen LogP contribution is 2.10. The first-order chi connectivity index (χ1) is 12.4. The second-order valence-electron chi connectivity index (χ2n) is 6.01. The second kappa shape index (κ2) is 26.5. The molecule has 8 nitrogen and oxygen atoms in total. The summed E-state index contributed by atoms with van der Waals surface area (Å²) in [5, 5.41) is 56.4. The standard InChI is InChI=1S/C12H24O2.2C3H8O3/c1-2-3-4-5-6-7-8-9-10-11-12(13)14;2*4-1-3(6)2-5/h2-11H2,1H3,(H,13,14);2*3-6H,1-2H2. The van der Waals surface area contributed by atoms with Gasteiger partial charge in [-0.1, -0.05) is 58.3 Å². The second-order valence-corrected chi connectivity index (χ2v) is 6.01. The number of rotatable bonds is 14. The molecule has 0 aliphatic heterocycles. The predicted octanol–water partition coefficient (Wildman–Crippen LogP) is 0.656. The summed E-state index contributed by atoms with van der Waals surface area (Å²) >= 11 is 0. The Morgan fingerprint density at radius 1 is 0.654 bits per heavy atom. The van der Waals surface area contributed by atoms with E-state index < -0.39 is 18.2 Å². The molecular weight excluding hydrogens is 344 g/mol. The van der Waals surface area contributed by atoms with Crippen LogP contribution in [0.1, 0.15) is 71.1 Å². The number of carboxylic acids is 1. The average molecular weight is 385 g/mol. The van der Waals surface area contributed by atoms with E-state index in [1.165, 1.54) is 44.9 Å². The fraction of sp³-hybridized carbons (Fsp3) is 0.944. The summed E-state index contributed by atoms with van der Waals surface area (Å²) in [6.45, 7) is 0.770. The molecule has 0 spiro atoms. The van der Waals surface area contributed by atoms with Gasteiger partial charge in [-0.15, -0.1) is 0 Å². The quantitative estimate of drug-likeness (QED) is 0.215. The summed E-state index contributed by atoms with van der Waals surface area (Å²) in [7, 11) is 0. The van der Waals surface area contributed by atoms with Crippen LogP contribution in [0.5, 0.6) is 0 Å². The molecule has 0 aromatic carbocycles. The monoisotopic (exact) mass is 384 g/mol. The summed E-state index contributed by atoms with van der Waals surface area (Å²) in [4.78, 5) is 10.2. The van der Waals surface area contributed by atoms with Crippen LogP contribution in [-0.4, -0.2) is 80.4 Å². The Bertz CT molecular complexity index is 246. The Balaban J connectivity index is -0.000000364. The first-order valence-electron chi connectivity index (χ1n) is 9.40. The Hall–Kier alpha value is -0.770. The SMILES string of the molecule is CCCCCCCCCCCC(=O)O.OCC(O)CO.OCC(O)CO. The molecule has 0 amide bonds. The van der Waals surface area contributed by atoms with E-state index >= 15 is 0 Å². The molecule has 0 saturated carbocycles. The van der Waals surface area contributed by atoms with Gasteiger partial charge in [0, 0.05) is 6.42 Å². The minimum absolute atomic E-state index is 0.343. The molecule has 0 bridgehead atoms. The van der Waals surface area contributed by atoms with Crippen LogP contribution >= 0.6 is 0 Å². The number of aliphatic hydroxyl groups is 6. The zero-order valence-corrected chi connectivity index (χ0v) is 16.1. The molecule has 0 aliphatic rings. The van der Waals surface area contributed by atoms with Crippen molar-refractivity contribution in [3.05, 3.63) is 0 Å². The highest BCUT2D eigenvalue weighted by molar-refractivity contribution is 5.66. The van der Waals surface area contributed by atoms with Crippen LogP contribution in [-0.2, 0) is 4.79 Å². The van der Waals surface area contributed by atoms with Gasteiger partial charge in [0.1, 0.15) is 12.2 Å². The Morgan fingerprint density at radius 2 is 0.962 bits per heavy atom. The van der Waals surface area contributed by atoms with Gasteiger partial charge in [0.25, 0.3) is 0 Å². The van der Waals surface area contributed by atoms with Crippen molar-refractivity contribution in [3.63, 3.8) is 0 Å². The average Bonchev–Trinajstić information content (AvgIpc) is 2.66. The number of carbonyl (C=O) groups is 1. The van der Waals surface area contributed by atoms with Gasteiger partial charge in [-0.3, -0.25) is 4.79 Å². The van der Waals surface area contributed by atoms with Crippen molar-refractivity contribution in [2.45, 2.75) is 83.3 Å². The van der Waals surface area contributed by atoms with Crippen molar-refractivity contribution in [2.75, 3.05) is 26.4 Å². The molecule has 8 heteroatoms. The summed E-state index contributed by atoms with van der Waals surface area (Å²) in [6, 6.07) is 0. The van der Waals surface area contributed by atoms with Crippen LogP contribution in [0.2, 0.25) is 0 Å². The van der Waals surface area contributed by atoms with Gasteiger partial charge >= 0.3 is 5.97 Å². The van der Waals surface area contributed by atoms with Crippen LogP contribution in [0.4, 0.5) is 0 Å². The number of aliphatic carboxylic acids is 1. The summed E-state index contributed by atoms with van der Waals surface area (Å²) in [5.41, 5.74) is 0. The predicted molar refractivity (Wildman–Crippen MR) is 99.8 cm³/mol. The third kappa shape index (κ3) is 34.5. The first kappa shape index (κ1) is 30.0. The number of aliphatic hydroxyl groups excluding tert-OH is 6. The summed E-state index contributed by atoms with van der Waals surface area (Å²) in [5.74, 6) is -0.659. The molecule has 7 N–H and O–H groups in total. The zero-order valence-electron chi connectivity index (χ0n) is 16.1. The van der Waals surface area contributed by atoms with E-state index in [0.717, 1.165) is 12.8 Å². The fourth-order valence-corrected chi connectivity index (χ4v) is 1.70. The van der Waals surface area contributed by atoms with Gasteiger partial charge in [0.2, 0.25) is 0 Å². The topological polar surface area (TPSA) is 159 Å². The van der Waals surface area contributed by atoms with Crippen molar-refractivity contribution in [1.82, 2.24) is 0 Å². The van der Waals surface area contributed by atoms with Gasteiger partial charge in [-0.25, -0.2) is 0 Å². The summed E-state index contributed by atoms with van der Waals surface area (Å²) in [6.07, 6.45) is 9.57. The van der Waals surface area contributed by atoms with Crippen LogP contribution in [0.15, 0.2) is 0 Å². The highest BCUT2D eigenvalue weighted by Gasteiger charge is 1.96. The molecule has 0 aromatic rings. The lowest BCUT2D eigenvalue weighted by molar-refractivity contribution is -0.137. The fourth-order valence-electron chi connectivity index (χ4n) is 1.70. The van der Waals surface area contributed by atoms with Gasteiger partial charge < -0.3 is 35.7 Å². The van der Waals surface area contributed by atoms with Crippen molar-refractivity contribution in [1.29, 1.82) is 0 Å². The van der Waals surface area contributed by atoms with E-state index in [2.05, 4.69) is 6.92 Å². The molecule has 0 heterocycles. The van der Waals surface area contributed by atoms with E-state index in [1.807, 2.05) is 0 Å². The molecule has 0 rings (SSSR count). The lowest BCUT2D eigenvalue weighted by Crippen LogP contribution is -2.15. The Labute approximate surface area is 157 Å². The molecular formula is C18H40O8. The molecule has 0 aromatic heterocycles.